The van der Waals surface area contributed by atoms with Crippen LogP contribution in [0.15, 0.2) is 146 Å². The fourth-order valence-corrected chi connectivity index (χ4v) is 10.0. The summed E-state index contributed by atoms with van der Waals surface area (Å²) < 4.78 is 34.6. The Hall–Kier alpha value is -4.11. The number of ether oxygens (including phenoxy) is 2. The van der Waals surface area contributed by atoms with Crippen molar-refractivity contribution in [2.24, 2.45) is 0 Å². The molecule has 496 valence electrons. The Morgan fingerprint density at radius 3 is 0.977 bits per heavy atom. The van der Waals surface area contributed by atoms with Crippen molar-refractivity contribution in [2.45, 2.75) is 283 Å². The van der Waals surface area contributed by atoms with Gasteiger partial charge < -0.3 is 18.9 Å². The lowest BCUT2D eigenvalue weighted by Gasteiger charge is -2.24. The third-order valence-electron chi connectivity index (χ3n) is 14.6. The molecular formula is C77H131NO8P+. The van der Waals surface area contributed by atoms with Gasteiger partial charge in [0.25, 0.3) is 0 Å². The van der Waals surface area contributed by atoms with Crippen LogP contribution in [0.4, 0.5) is 0 Å². The van der Waals surface area contributed by atoms with Gasteiger partial charge in [0.1, 0.15) is 19.8 Å². The molecule has 0 bridgehead atoms. The number of likely N-dealkylation sites (N-methyl/N-ethyl adjacent to an activating group) is 1. The van der Waals surface area contributed by atoms with E-state index >= 15 is 0 Å². The van der Waals surface area contributed by atoms with Crippen molar-refractivity contribution in [3.05, 3.63) is 146 Å². The lowest BCUT2D eigenvalue weighted by atomic mass is 10.0. The van der Waals surface area contributed by atoms with Gasteiger partial charge in [-0.3, -0.25) is 18.6 Å². The molecule has 0 radical (unpaired) electrons. The van der Waals surface area contributed by atoms with Crippen LogP contribution in [0.3, 0.4) is 0 Å². The first-order valence-corrected chi connectivity index (χ1v) is 36.6. The molecule has 0 aliphatic carbocycles. The standard InChI is InChI=1S/C77H130NO8P/c1-6-8-10-12-14-16-18-20-22-24-26-28-30-32-33-34-35-36-37-38-39-40-41-42-43-44-45-46-48-50-52-54-56-58-60-62-64-66-68-70-77(80)86-75(74-85-87(81,82)84-72-71-78(3,4)5)73-83-76(79)69-67-65-63-61-59-57-55-53-51-49-47-31-29-27-25-23-21-19-17-15-13-11-9-7-2/h8,10,14,16,20,22,26,28,32-33,35-36,38-39,41-42,44-45,48,50,54,56,60,62,75H,6-7,9,11-13,15,17-19,21,23-25,27,29-31,34,37,40,43,46-47,49,51-53,55,57-59,61,63-74H2,1-5H3/p+1/b10-8-,16-14-,22-20-,28-26-,33-32-,36-35-,39-38-,42-41-,45-44-,50-48-,56-54-,62-60-. The predicted molar refractivity (Wildman–Crippen MR) is 376 cm³/mol. The second-order valence-electron chi connectivity index (χ2n) is 24.2. The molecule has 0 amide bonds. The van der Waals surface area contributed by atoms with E-state index in [1.54, 1.807) is 0 Å². The monoisotopic (exact) mass is 1230 g/mol. The normalized spacial score (nSPS) is 14.0. The molecule has 0 fully saturated rings. The first kappa shape index (κ1) is 82.9. The molecule has 0 saturated carbocycles. The smallest absolute Gasteiger partial charge is 0.462 e. The molecule has 10 heteroatoms. The number of carbonyl (C=O) groups is 2. The van der Waals surface area contributed by atoms with Crippen molar-refractivity contribution in [3.63, 3.8) is 0 Å². The molecule has 0 saturated heterocycles. The molecule has 87 heavy (non-hydrogen) atoms. The van der Waals surface area contributed by atoms with Crippen LogP contribution >= 0.6 is 7.82 Å². The second-order valence-corrected chi connectivity index (χ2v) is 25.6. The molecule has 0 rings (SSSR count). The Kier molecular flexibility index (Phi) is 63.2. The number of allylic oxidation sites excluding steroid dienone is 24. The summed E-state index contributed by atoms with van der Waals surface area (Å²) in [6, 6.07) is 0. The Morgan fingerprint density at radius 1 is 0.368 bits per heavy atom. The van der Waals surface area contributed by atoms with Crippen molar-refractivity contribution in [1.82, 2.24) is 0 Å². The van der Waals surface area contributed by atoms with E-state index in [0.717, 1.165) is 109 Å². The van der Waals surface area contributed by atoms with Gasteiger partial charge >= 0.3 is 19.8 Å². The maximum atomic E-state index is 12.9. The van der Waals surface area contributed by atoms with E-state index in [2.05, 4.69) is 160 Å². The minimum Gasteiger partial charge on any atom is -0.462 e. The fourth-order valence-electron chi connectivity index (χ4n) is 9.29. The van der Waals surface area contributed by atoms with E-state index in [9.17, 15) is 19.0 Å². The van der Waals surface area contributed by atoms with E-state index in [0.29, 0.717) is 17.4 Å². The van der Waals surface area contributed by atoms with Crippen LogP contribution in [0.5, 0.6) is 0 Å². The molecule has 0 aliphatic heterocycles. The largest absolute Gasteiger partial charge is 0.472 e. The summed E-state index contributed by atoms with van der Waals surface area (Å²) in [7, 11) is 1.44. The SMILES string of the molecule is CC/C=C\C/C=C\C/C=C\C/C=C\C/C=C\C/C=C\C/C=C\C/C=C\C/C=C\C/C=C\C/C=C\C/C=C\CCCCC(=O)OC(COC(=O)CCCCCCCCCCCCCCCCCCCCCCCCCC)COP(=O)(O)OCC[N+](C)(C)C. The zero-order valence-electron chi connectivity index (χ0n) is 56.5. The van der Waals surface area contributed by atoms with E-state index in [-0.39, 0.29) is 32.0 Å². The van der Waals surface area contributed by atoms with Crippen LogP contribution in [-0.4, -0.2) is 74.9 Å². The molecule has 9 nitrogen and oxygen atoms in total. The van der Waals surface area contributed by atoms with Crippen LogP contribution in [0.2, 0.25) is 0 Å². The zero-order valence-corrected chi connectivity index (χ0v) is 57.3. The van der Waals surface area contributed by atoms with Gasteiger partial charge in [-0.05, 0) is 103 Å². The average molecular weight is 1230 g/mol. The van der Waals surface area contributed by atoms with Gasteiger partial charge in [0.05, 0.1) is 27.7 Å². The van der Waals surface area contributed by atoms with E-state index in [4.69, 9.17) is 18.5 Å². The van der Waals surface area contributed by atoms with Crippen molar-refractivity contribution < 1.29 is 42.1 Å². The van der Waals surface area contributed by atoms with Crippen molar-refractivity contribution in [1.29, 1.82) is 0 Å². The first-order chi connectivity index (χ1) is 42.5. The van der Waals surface area contributed by atoms with Crippen molar-refractivity contribution in [3.8, 4) is 0 Å². The molecule has 0 aromatic rings. The van der Waals surface area contributed by atoms with Gasteiger partial charge in [-0.2, -0.15) is 0 Å². The van der Waals surface area contributed by atoms with Crippen LogP contribution in [-0.2, 0) is 32.7 Å². The summed E-state index contributed by atoms with van der Waals surface area (Å²) >= 11 is 0. The Balaban J connectivity index is 4.19. The summed E-state index contributed by atoms with van der Waals surface area (Å²) in [4.78, 5) is 35.8. The Bertz CT molecular complexity index is 1980. The van der Waals surface area contributed by atoms with Crippen LogP contribution in [0.25, 0.3) is 0 Å². The summed E-state index contributed by atoms with van der Waals surface area (Å²) in [6.45, 7) is 4.28. The molecule has 0 spiro atoms. The van der Waals surface area contributed by atoms with E-state index in [1.807, 2.05) is 21.1 Å². The van der Waals surface area contributed by atoms with Gasteiger partial charge in [0, 0.05) is 12.8 Å². The molecule has 1 N–H and O–H groups in total. The number of esters is 2. The van der Waals surface area contributed by atoms with Gasteiger partial charge in [0.2, 0.25) is 0 Å². The Morgan fingerprint density at radius 2 is 0.655 bits per heavy atom. The number of phosphoric ester groups is 1. The van der Waals surface area contributed by atoms with Crippen molar-refractivity contribution in [2.75, 3.05) is 47.5 Å². The molecule has 0 heterocycles. The number of quaternary nitrogens is 1. The highest BCUT2D eigenvalue weighted by atomic mass is 31.2. The second kappa shape index (κ2) is 66.3. The first-order valence-electron chi connectivity index (χ1n) is 35.1. The highest BCUT2D eigenvalue weighted by molar-refractivity contribution is 7.47. The number of carbonyl (C=O) groups excluding carboxylic acids is 2. The lowest BCUT2D eigenvalue weighted by molar-refractivity contribution is -0.870. The minimum atomic E-state index is -4.41. The highest BCUT2D eigenvalue weighted by Gasteiger charge is 2.27. The third kappa shape index (κ3) is 70.8. The zero-order chi connectivity index (χ0) is 63.4. The molecule has 0 aromatic carbocycles. The topological polar surface area (TPSA) is 108 Å². The number of phosphoric acid groups is 1. The highest BCUT2D eigenvalue weighted by Crippen LogP contribution is 2.43. The summed E-state index contributed by atoms with van der Waals surface area (Å²) in [6.07, 6.45) is 98.1. The van der Waals surface area contributed by atoms with Gasteiger partial charge in [-0.1, -0.05) is 307 Å². The number of hydrogen-bond donors (Lipinski definition) is 1. The lowest BCUT2D eigenvalue weighted by Crippen LogP contribution is -2.37. The Labute approximate surface area is 535 Å². The van der Waals surface area contributed by atoms with E-state index < -0.39 is 26.5 Å². The van der Waals surface area contributed by atoms with E-state index in [1.165, 1.54) is 135 Å². The van der Waals surface area contributed by atoms with Crippen LogP contribution in [0, 0.1) is 0 Å². The number of rotatable bonds is 63. The van der Waals surface area contributed by atoms with Crippen LogP contribution in [0.1, 0.15) is 277 Å². The average Bonchev–Trinajstić information content (AvgIpc) is 3.68. The molecule has 0 aliphatic rings. The summed E-state index contributed by atoms with van der Waals surface area (Å²) in [5.41, 5.74) is 0. The number of hydrogen-bond acceptors (Lipinski definition) is 7. The number of nitrogens with zero attached hydrogens (tertiary/aromatic N) is 1. The van der Waals surface area contributed by atoms with Crippen molar-refractivity contribution >= 4 is 19.8 Å². The maximum absolute atomic E-state index is 12.9. The van der Waals surface area contributed by atoms with Crippen LogP contribution < -0.4 is 0 Å². The van der Waals surface area contributed by atoms with Gasteiger partial charge in [0.15, 0.2) is 6.10 Å². The summed E-state index contributed by atoms with van der Waals surface area (Å²) in [5.74, 6) is -0.849. The fraction of sp³-hybridized carbons (Fsp3) is 0.662. The molecule has 2 unspecified atom stereocenters. The molecule has 0 aromatic heterocycles. The predicted octanol–water partition coefficient (Wildman–Crippen LogP) is 23.0. The minimum absolute atomic E-state index is 0.0171. The molecule has 2 atom stereocenters. The number of unbranched alkanes of at least 4 members (excludes halogenated alkanes) is 25. The van der Waals surface area contributed by atoms with Gasteiger partial charge in [-0.15, -0.1) is 0 Å². The maximum Gasteiger partial charge on any atom is 0.472 e. The molecular weight excluding hydrogens is 1100 g/mol. The summed E-state index contributed by atoms with van der Waals surface area (Å²) in [5, 5.41) is 0. The third-order valence-corrected chi connectivity index (χ3v) is 15.6. The van der Waals surface area contributed by atoms with Gasteiger partial charge in [-0.25, -0.2) is 4.57 Å². The quantitative estimate of drug-likeness (QED) is 0.0211.